The van der Waals surface area contributed by atoms with Crippen molar-refractivity contribution in [3.63, 3.8) is 0 Å². The number of aliphatic imine (C=N–C) groups is 1. The van der Waals surface area contributed by atoms with E-state index in [0.29, 0.717) is 5.92 Å². The van der Waals surface area contributed by atoms with Gasteiger partial charge in [-0.3, -0.25) is 10.1 Å². The van der Waals surface area contributed by atoms with Gasteiger partial charge in [0.05, 0.1) is 12.7 Å². The van der Waals surface area contributed by atoms with Crippen molar-refractivity contribution in [1.29, 1.82) is 0 Å². The third-order valence-corrected chi connectivity index (χ3v) is 1.94. The van der Waals surface area contributed by atoms with Crippen molar-refractivity contribution in [2.75, 3.05) is 5.32 Å². The molecular formula is C10H18N4. The molecule has 1 aliphatic rings. The number of amidine groups is 1. The van der Waals surface area contributed by atoms with Gasteiger partial charge in [0, 0.05) is 11.5 Å². The summed E-state index contributed by atoms with van der Waals surface area (Å²) in [7, 11) is 0. The van der Waals surface area contributed by atoms with Crippen molar-refractivity contribution in [1.82, 2.24) is 10.2 Å². The fourth-order valence-electron chi connectivity index (χ4n) is 1.20. The number of rotatable bonds is 1. The molecule has 2 N–H and O–H groups in total. The minimum absolute atomic E-state index is 0.446. The zero-order valence-electron chi connectivity index (χ0n) is 9.26. The van der Waals surface area contributed by atoms with E-state index < -0.39 is 0 Å². The zero-order valence-corrected chi connectivity index (χ0v) is 9.26. The van der Waals surface area contributed by atoms with Gasteiger partial charge in [0.2, 0.25) is 0 Å². The summed E-state index contributed by atoms with van der Waals surface area (Å²) in [5.74, 6) is 2.47. The zero-order chi connectivity index (χ0) is 10.6. The van der Waals surface area contributed by atoms with E-state index >= 15 is 0 Å². The smallest absolute Gasteiger partial charge is 0.131 e. The Morgan fingerprint density at radius 3 is 2.71 bits per heavy atom. The molecule has 0 saturated heterocycles. The topological polar surface area (TPSA) is 53.1 Å². The van der Waals surface area contributed by atoms with Crippen molar-refractivity contribution < 1.29 is 0 Å². The van der Waals surface area contributed by atoms with Crippen LogP contribution < -0.4 is 5.32 Å². The lowest BCUT2D eigenvalue weighted by Crippen LogP contribution is -2.22. The van der Waals surface area contributed by atoms with Gasteiger partial charge in [-0.15, -0.1) is 0 Å². The molecule has 4 heteroatoms. The summed E-state index contributed by atoms with van der Waals surface area (Å²) in [4.78, 5) is 4.39. The third kappa shape index (κ3) is 2.13. The molecule has 0 bridgehead atoms. The summed E-state index contributed by atoms with van der Waals surface area (Å²) in [5.41, 5.74) is 1.14. The van der Waals surface area contributed by atoms with Gasteiger partial charge >= 0.3 is 0 Å². The first-order chi connectivity index (χ1) is 6.77. The summed E-state index contributed by atoms with van der Waals surface area (Å²) in [6.07, 6.45) is 1.81. The fourth-order valence-corrected chi connectivity index (χ4v) is 1.20. The molecular weight excluding hydrogens is 176 g/mol. The quantitative estimate of drug-likeness (QED) is 0.721. The van der Waals surface area contributed by atoms with E-state index in [1.165, 1.54) is 0 Å². The minimum Gasteiger partial charge on any atom is -0.329 e. The predicted octanol–water partition coefficient (Wildman–Crippen LogP) is 2.42. The van der Waals surface area contributed by atoms with Crippen LogP contribution in [0.2, 0.25) is 0 Å². The lowest BCUT2D eigenvalue weighted by atomic mass is 10.1. The Bertz CT molecular complexity index is 312. The number of hydrogen-bond acceptors (Lipinski definition) is 3. The maximum atomic E-state index is 4.39. The van der Waals surface area contributed by atoms with E-state index in [1.54, 1.807) is 0 Å². The second-order valence-electron chi connectivity index (χ2n) is 3.25. The number of hydrogen-bond donors (Lipinski definition) is 2. The molecule has 0 radical (unpaired) electrons. The molecule has 0 fully saturated rings. The SMILES string of the molecule is CC.CC(C)C1=NCc2cn[nH]c2N1. The van der Waals surface area contributed by atoms with E-state index in [-0.39, 0.29) is 0 Å². The number of H-pyrrole nitrogens is 1. The van der Waals surface area contributed by atoms with Gasteiger partial charge in [0.15, 0.2) is 0 Å². The van der Waals surface area contributed by atoms with Crippen LogP contribution in [0.5, 0.6) is 0 Å². The number of nitrogens with one attached hydrogen (secondary N) is 2. The molecule has 1 aromatic rings. The number of aromatic nitrogens is 2. The first-order valence-corrected chi connectivity index (χ1v) is 5.11. The summed E-state index contributed by atoms with van der Waals surface area (Å²) in [6, 6.07) is 0. The number of aromatic amines is 1. The van der Waals surface area contributed by atoms with Crippen LogP contribution in [0.3, 0.4) is 0 Å². The molecule has 0 atom stereocenters. The standard InChI is InChI=1S/C8H12N4.C2H6/c1-5(2)7-9-3-6-4-10-12-8(6)11-7;1-2/h4-5H,3H2,1-2H3,(H2,9,10,11,12);1-2H3. The number of anilines is 1. The molecule has 78 valence electrons. The lowest BCUT2D eigenvalue weighted by molar-refractivity contribution is 0.854. The fraction of sp³-hybridized carbons (Fsp3) is 0.600. The Hall–Kier alpha value is -1.32. The molecule has 2 heterocycles. The highest BCUT2D eigenvalue weighted by Gasteiger charge is 2.14. The second kappa shape index (κ2) is 4.79. The molecule has 1 aromatic heterocycles. The first kappa shape index (κ1) is 10.8. The van der Waals surface area contributed by atoms with E-state index in [2.05, 4.69) is 34.4 Å². The van der Waals surface area contributed by atoms with Gasteiger partial charge in [0.1, 0.15) is 11.7 Å². The minimum atomic E-state index is 0.446. The maximum absolute atomic E-state index is 4.39. The molecule has 14 heavy (non-hydrogen) atoms. The average Bonchev–Trinajstić information content (AvgIpc) is 2.67. The van der Waals surface area contributed by atoms with Gasteiger partial charge < -0.3 is 5.32 Å². The Kier molecular flexibility index (Phi) is 3.68. The van der Waals surface area contributed by atoms with E-state index in [9.17, 15) is 0 Å². The van der Waals surface area contributed by atoms with Gasteiger partial charge in [-0.05, 0) is 0 Å². The van der Waals surface area contributed by atoms with Crippen LogP contribution in [0.1, 0.15) is 33.3 Å². The third-order valence-electron chi connectivity index (χ3n) is 1.94. The van der Waals surface area contributed by atoms with Crippen molar-refractivity contribution in [2.45, 2.75) is 34.2 Å². The van der Waals surface area contributed by atoms with Gasteiger partial charge in [-0.2, -0.15) is 5.10 Å². The summed E-state index contributed by atoms with van der Waals surface area (Å²) in [5, 5.41) is 10.0. The molecule has 4 nitrogen and oxygen atoms in total. The van der Waals surface area contributed by atoms with E-state index in [4.69, 9.17) is 0 Å². The van der Waals surface area contributed by atoms with Crippen LogP contribution >= 0.6 is 0 Å². The lowest BCUT2D eigenvalue weighted by Gasteiger charge is -2.16. The molecule has 0 spiro atoms. The van der Waals surface area contributed by atoms with Crippen molar-refractivity contribution in [3.8, 4) is 0 Å². The summed E-state index contributed by atoms with van der Waals surface area (Å²) < 4.78 is 0. The van der Waals surface area contributed by atoms with Crippen molar-refractivity contribution >= 4 is 11.7 Å². The molecule has 0 aliphatic carbocycles. The first-order valence-electron chi connectivity index (χ1n) is 5.11. The second-order valence-corrected chi connectivity index (χ2v) is 3.25. The highest BCUT2D eigenvalue weighted by atomic mass is 15.2. The van der Waals surface area contributed by atoms with Crippen LogP contribution in [0.4, 0.5) is 5.82 Å². The highest BCUT2D eigenvalue weighted by molar-refractivity contribution is 5.97. The molecule has 0 amide bonds. The predicted molar refractivity (Wildman–Crippen MR) is 59.5 cm³/mol. The Morgan fingerprint density at radius 2 is 2.07 bits per heavy atom. The summed E-state index contributed by atoms with van der Waals surface area (Å²) >= 11 is 0. The van der Waals surface area contributed by atoms with Gasteiger partial charge in [0.25, 0.3) is 0 Å². The number of fused-ring (bicyclic) bond motifs is 1. The summed E-state index contributed by atoms with van der Waals surface area (Å²) in [6.45, 7) is 8.98. The monoisotopic (exact) mass is 194 g/mol. The Labute approximate surface area is 84.8 Å². The number of nitrogens with zero attached hydrogens (tertiary/aromatic N) is 2. The van der Waals surface area contributed by atoms with Gasteiger partial charge in [-0.25, -0.2) is 0 Å². The molecule has 0 aromatic carbocycles. The molecule has 1 aliphatic heterocycles. The average molecular weight is 194 g/mol. The maximum Gasteiger partial charge on any atom is 0.131 e. The van der Waals surface area contributed by atoms with Crippen LogP contribution in [0, 0.1) is 5.92 Å². The van der Waals surface area contributed by atoms with E-state index in [0.717, 1.165) is 23.8 Å². The molecule has 0 unspecified atom stereocenters. The van der Waals surface area contributed by atoms with Crippen LogP contribution in [0.25, 0.3) is 0 Å². The van der Waals surface area contributed by atoms with Gasteiger partial charge in [-0.1, -0.05) is 27.7 Å². The largest absolute Gasteiger partial charge is 0.329 e. The Balaban J connectivity index is 0.000000461. The van der Waals surface area contributed by atoms with Crippen molar-refractivity contribution in [2.24, 2.45) is 10.9 Å². The van der Waals surface area contributed by atoms with Crippen LogP contribution in [0.15, 0.2) is 11.2 Å². The van der Waals surface area contributed by atoms with Crippen LogP contribution in [-0.4, -0.2) is 16.0 Å². The van der Waals surface area contributed by atoms with Crippen LogP contribution in [-0.2, 0) is 6.54 Å². The molecule has 0 saturated carbocycles. The Morgan fingerprint density at radius 1 is 1.36 bits per heavy atom. The van der Waals surface area contributed by atoms with Crippen molar-refractivity contribution in [3.05, 3.63) is 11.8 Å². The molecule has 2 rings (SSSR count). The normalized spacial score (nSPS) is 13.6. The highest BCUT2D eigenvalue weighted by Crippen LogP contribution is 2.18. The van der Waals surface area contributed by atoms with E-state index in [1.807, 2.05) is 20.0 Å².